The zero-order valence-electron chi connectivity index (χ0n) is 12.2. The van der Waals surface area contributed by atoms with Crippen molar-refractivity contribution in [3.63, 3.8) is 0 Å². The number of carbonyl (C=O) groups excluding carboxylic acids is 1. The third-order valence-corrected chi connectivity index (χ3v) is 6.36. The van der Waals surface area contributed by atoms with Gasteiger partial charge in [0.25, 0.3) is 0 Å². The highest BCUT2D eigenvalue weighted by Gasteiger charge is 2.36. The lowest BCUT2D eigenvalue weighted by Gasteiger charge is -2.41. The topological polar surface area (TPSA) is 26.3 Å². The molecule has 2 saturated carbocycles. The molecular formula is C16H27IO2. The molecule has 4 atom stereocenters. The number of ether oxygens (including phenoxy) is 1. The summed E-state index contributed by atoms with van der Waals surface area (Å²) in [5, 5.41) is 0. The summed E-state index contributed by atoms with van der Waals surface area (Å²) in [7, 11) is 0. The molecule has 2 aliphatic rings. The number of carbonyl (C=O) groups is 1. The van der Waals surface area contributed by atoms with E-state index in [9.17, 15) is 4.79 Å². The lowest BCUT2D eigenvalue weighted by molar-refractivity contribution is -0.152. The average molecular weight is 378 g/mol. The van der Waals surface area contributed by atoms with Gasteiger partial charge in [-0.3, -0.25) is 4.79 Å². The number of rotatable bonds is 5. The van der Waals surface area contributed by atoms with Gasteiger partial charge in [0.15, 0.2) is 0 Å². The largest absolute Gasteiger partial charge is 0.461 e. The normalized spacial score (nSPS) is 33.5. The maximum absolute atomic E-state index is 12.0. The van der Waals surface area contributed by atoms with Gasteiger partial charge in [-0.05, 0) is 49.9 Å². The van der Waals surface area contributed by atoms with Crippen molar-refractivity contribution in [2.24, 2.45) is 17.8 Å². The Labute approximate surface area is 131 Å². The SMILES string of the molecule is CCC(I)C(=O)OC(CC)C1CC2CCCC(C2)C1. The molecule has 2 bridgehead atoms. The summed E-state index contributed by atoms with van der Waals surface area (Å²) in [6, 6.07) is 0. The van der Waals surface area contributed by atoms with E-state index < -0.39 is 0 Å². The Hall–Kier alpha value is 0.200. The predicted octanol–water partition coefficient (Wildman–Crippen LogP) is 4.74. The molecule has 2 fully saturated rings. The van der Waals surface area contributed by atoms with Crippen molar-refractivity contribution in [3.8, 4) is 0 Å². The zero-order chi connectivity index (χ0) is 13.8. The van der Waals surface area contributed by atoms with Crippen LogP contribution in [0.15, 0.2) is 0 Å². The molecule has 2 nitrogen and oxygen atoms in total. The fourth-order valence-corrected chi connectivity index (χ4v) is 4.14. The second-order valence-electron chi connectivity index (χ2n) is 6.39. The minimum atomic E-state index is 0.00526. The fraction of sp³-hybridized carbons (Fsp3) is 0.938. The molecule has 0 radical (unpaired) electrons. The number of fused-ring (bicyclic) bond motifs is 2. The summed E-state index contributed by atoms with van der Waals surface area (Å²) < 4.78 is 5.83. The molecule has 0 N–H and O–H groups in total. The third kappa shape index (κ3) is 4.08. The summed E-state index contributed by atoms with van der Waals surface area (Å²) in [4.78, 5) is 12.0. The van der Waals surface area contributed by atoms with Gasteiger partial charge in [-0.25, -0.2) is 0 Å². The maximum Gasteiger partial charge on any atom is 0.319 e. The first-order chi connectivity index (χ1) is 9.13. The fourth-order valence-electron chi connectivity index (χ4n) is 3.99. The van der Waals surface area contributed by atoms with Crippen molar-refractivity contribution in [2.45, 2.75) is 75.2 Å². The van der Waals surface area contributed by atoms with Gasteiger partial charge in [0, 0.05) is 0 Å². The van der Waals surface area contributed by atoms with Gasteiger partial charge in [-0.15, -0.1) is 0 Å². The molecule has 0 aromatic rings. The highest BCUT2D eigenvalue weighted by molar-refractivity contribution is 14.1. The van der Waals surface area contributed by atoms with Crippen LogP contribution in [-0.4, -0.2) is 16.0 Å². The van der Waals surface area contributed by atoms with E-state index in [1.165, 1.54) is 38.5 Å². The molecular weight excluding hydrogens is 351 g/mol. The van der Waals surface area contributed by atoms with E-state index in [0.29, 0.717) is 5.92 Å². The summed E-state index contributed by atoms with van der Waals surface area (Å²) in [5.41, 5.74) is 0. The summed E-state index contributed by atoms with van der Waals surface area (Å²) in [6.45, 7) is 4.21. The summed E-state index contributed by atoms with van der Waals surface area (Å²) in [6.07, 6.45) is 10.3. The van der Waals surface area contributed by atoms with Crippen LogP contribution in [0.25, 0.3) is 0 Å². The van der Waals surface area contributed by atoms with E-state index in [1.807, 2.05) is 6.92 Å². The summed E-state index contributed by atoms with van der Waals surface area (Å²) in [5.74, 6) is 2.45. The minimum Gasteiger partial charge on any atom is -0.461 e. The van der Waals surface area contributed by atoms with Gasteiger partial charge in [0.2, 0.25) is 0 Å². The van der Waals surface area contributed by atoms with Crippen LogP contribution < -0.4 is 0 Å². The van der Waals surface area contributed by atoms with Crippen molar-refractivity contribution < 1.29 is 9.53 Å². The Kier molecular flexibility index (Phi) is 5.97. The molecule has 0 heterocycles. The van der Waals surface area contributed by atoms with Crippen molar-refractivity contribution in [3.05, 3.63) is 0 Å². The van der Waals surface area contributed by atoms with Crippen molar-refractivity contribution in [1.29, 1.82) is 0 Å². The van der Waals surface area contributed by atoms with Crippen LogP contribution in [-0.2, 0) is 9.53 Å². The average Bonchev–Trinajstić information content (AvgIpc) is 2.43. The molecule has 2 rings (SSSR count). The molecule has 110 valence electrons. The molecule has 0 spiro atoms. The monoisotopic (exact) mass is 378 g/mol. The van der Waals surface area contributed by atoms with Crippen molar-refractivity contribution in [1.82, 2.24) is 0 Å². The second kappa shape index (κ2) is 7.28. The number of hydrogen-bond donors (Lipinski definition) is 0. The standard InChI is InChI=1S/C16H27IO2/c1-3-14(17)16(18)19-15(4-2)13-9-11-6-5-7-12(8-11)10-13/h11-15H,3-10H2,1-2H3. The smallest absolute Gasteiger partial charge is 0.319 e. The zero-order valence-corrected chi connectivity index (χ0v) is 14.4. The predicted molar refractivity (Wildman–Crippen MR) is 86.4 cm³/mol. The van der Waals surface area contributed by atoms with Crippen LogP contribution in [0.4, 0.5) is 0 Å². The van der Waals surface area contributed by atoms with Crippen molar-refractivity contribution >= 4 is 28.6 Å². The van der Waals surface area contributed by atoms with E-state index in [0.717, 1.165) is 24.7 Å². The Balaban J connectivity index is 1.92. The van der Waals surface area contributed by atoms with Crippen LogP contribution in [0.2, 0.25) is 0 Å². The van der Waals surface area contributed by atoms with Gasteiger partial charge in [-0.2, -0.15) is 0 Å². The molecule has 0 aromatic carbocycles. The third-order valence-electron chi connectivity index (χ3n) is 4.97. The first-order valence-electron chi connectivity index (χ1n) is 7.98. The van der Waals surface area contributed by atoms with Crippen LogP contribution in [0.1, 0.15) is 65.2 Å². The number of hydrogen-bond acceptors (Lipinski definition) is 2. The van der Waals surface area contributed by atoms with E-state index >= 15 is 0 Å². The molecule has 0 aromatic heterocycles. The molecule has 0 saturated heterocycles. The van der Waals surface area contributed by atoms with Crippen LogP contribution >= 0.6 is 22.6 Å². The second-order valence-corrected chi connectivity index (χ2v) is 7.89. The quantitative estimate of drug-likeness (QED) is 0.393. The molecule has 19 heavy (non-hydrogen) atoms. The van der Waals surface area contributed by atoms with Crippen LogP contribution in [0.5, 0.6) is 0 Å². The van der Waals surface area contributed by atoms with E-state index in [1.54, 1.807) is 0 Å². The van der Waals surface area contributed by atoms with Gasteiger partial charge in [0.1, 0.15) is 10.0 Å². The number of esters is 1. The van der Waals surface area contributed by atoms with Crippen molar-refractivity contribution in [2.75, 3.05) is 0 Å². The molecule has 0 aliphatic heterocycles. The Bertz CT molecular complexity index is 293. The van der Waals surface area contributed by atoms with Gasteiger partial charge < -0.3 is 4.74 Å². The lowest BCUT2D eigenvalue weighted by atomic mass is 9.66. The van der Waals surface area contributed by atoms with Gasteiger partial charge in [-0.1, -0.05) is 55.7 Å². The van der Waals surface area contributed by atoms with E-state index in [-0.39, 0.29) is 16.0 Å². The highest BCUT2D eigenvalue weighted by Crippen LogP contribution is 2.44. The number of halogens is 1. The first-order valence-corrected chi connectivity index (χ1v) is 9.23. The molecule has 0 amide bonds. The maximum atomic E-state index is 12.0. The Morgan fingerprint density at radius 3 is 2.32 bits per heavy atom. The van der Waals surface area contributed by atoms with Crippen LogP contribution in [0.3, 0.4) is 0 Å². The van der Waals surface area contributed by atoms with Crippen LogP contribution in [0, 0.1) is 17.8 Å². The molecule has 4 unspecified atom stereocenters. The van der Waals surface area contributed by atoms with Gasteiger partial charge in [0.05, 0.1) is 0 Å². The van der Waals surface area contributed by atoms with Gasteiger partial charge >= 0.3 is 5.97 Å². The first kappa shape index (κ1) is 15.6. The lowest BCUT2D eigenvalue weighted by Crippen LogP contribution is -2.36. The molecule has 3 heteroatoms. The number of alkyl halides is 1. The Morgan fingerprint density at radius 1 is 1.16 bits per heavy atom. The van der Waals surface area contributed by atoms with E-state index in [4.69, 9.17) is 4.74 Å². The Morgan fingerprint density at radius 2 is 1.79 bits per heavy atom. The summed E-state index contributed by atoms with van der Waals surface area (Å²) >= 11 is 2.20. The molecule has 2 aliphatic carbocycles. The minimum absolute atomic E-state index is 0.00526. The van der Waals surface area contributed by atoms with E-state index in [2.05, 4.69) is 29.5 Å². The highest BCUT2D eigenvalue weighted by atomic mass is 127.